The van der Waals surface area contributed by atoms with E-state index in [4.69, 9.17) is 4.74 Å². The SMILES string of the molecule is CN1CC2(CCN(Cc3ccc(OCCCn4ccnc4)cc3)CC2)CC1=O. The monoisotopic (exact) mass is 382 g/mol. The fourth-order valence-corrected chi connectivity index (χ4v) is 4.43. The van der Waals surface area contributed by atoms with Gasteiger partial charge in [-0.2, -0.15) is 0 Å². The van der Waals surface area contributed by atoms with E-state index in [-0.39, 0.29) is 5.41 Å². The molecule has 6 nitrogen and oxygen atoms in total. The number of imidazole rings is 1. The van der Waals surface area contributed by atoms with Crippen molar-refractivity contribution in [1.82, 2.24) is 19.4 Å². The average molecular weight is 383 g/mol. The summed E-state index contributed by atoms with van der Waals surface area (Å²) in [7, 11) is 1.94. The maximum atomic E-state index is 11.9. The molecule has 0 N–H and O–H groups in total. The maximum Gasteiger partial charge on any atom is 0.222 e. The number of carbonyl (C=O) groups excluding carboxylic acids is 1. The largest absolute Gasteiger partial charge is 0.494 e. The minimum absolute atomic E-state index is 0.233. The van der Waals surface area contributed by atoms with Gasteiger partial charge in [0, 0.05) is 45.5 Å². The zero-order valence-electron chi connectivity index (χ0n) is 16.7. The van der Waals surface area contributed by atoms with Crippen LogP contribution in [0.25, 0.3) is 0 Å². The second kappa shape index (κ2) is 8.35. The molecule has 28 heavy (non-hydrogen) atoms. The van der Waals surface area contributed by atoms with E-state index in [0.29, 0.717) is 12.5 Å². The molecule has 150 valence electrons. The van der Waals surface area contributed by atoms with E-state index in [9.17, 15) is 4.79 Å². The molecule has 0 atom stereocenters. The number of aromatic nitrogens is 2. The molecule has 4 rings (SSSR count). The Bertz CT molecular complexity index is 764. The first kappa shape index (κ1) is 19.0. The predicted molar refractivity (Wildman–Crippen MR) is 108 cm³/mol. The molecule has 1 amide bonds. The van der Waals surface area contributed by atoms with Gasteiger partial charge in [0.05, 0.1) is 12.9 Å². The van der Waals surface area contributed by atoms with Crippen molar-refractivity contribution >= 4 is 5.91 Å². The lowest BCUT2D eigenvalue weighted by molar-refractivity contribution is -0.126. The van der Waals surface area contributed by atoms with Gasteiger partial charge in [-0.3, -0.25) is 9.69 Å². The first-order valence-electron chi connectivity index (χ1n) is 10.3. The molecule has 2 aromatic rings. The number of benzene rings is 1. The molecule has 2 saturated heterocycles. The molecule has 2 fully saturated rings. The van der Waals surface area contributed by atoms with Gasteiger partial charge in [-0.25, -0.2) is 4.98 Å². The molecular formula is C22H30N4O2. The third-order valence-corrected chi connectivity index (χ3v) is 6.16. The summed E-state index contributed by atoms with van der Waals surface area (Å²) in [6, 6.07) is 8.48. The summed E-state index contributed by atoms with van der Waals surface area (Å²) >= 11 is 0. The molecule has 0 saturated carbocycles. The standard InChI is InChI=1S/C22H30N4O2/c1-24-17-22(15-21(24)27)7-11-25(12-8-22)16-19-3-5-20(6-4-19)28-14-2-10-26-13-9-23-18-26/h3-6,9,13,18H,2,7-8,10-12,14-17H2,1H3. The summed E-state index contributed by atoms with van der Waals surface area (Å²) in [4.78, 5) is 20.4. The van der Waals surface area contributed by atoms with Crippen molar-refractivity contribution < 1.29 is 9.53 Å². The highest BCUT2D eigenvalue weighted by molar-refractivity contribution is 5.79. The Morgan fingerprint density at radius 1 is 1.18 bits per heavy atom. The van der Waals surface area contributed by atoms with Crippen molar-refractivity contribution in [3.8, 4) is 5.75 Å². The lowest BCUT2D eigenvalue weighted by Crippen LogP contribution is -2.40. The van der Waals surface area contributed by atoms with Gasteiger partial charge < -0.3 is 14.2 Å². The molecule has 1 aromatic heterocycles. The van der Waals surface area contributed by atoms with E-state index in [1.54, 1.807) is 6.20 Å². The van der Waals surface area contributed by atoms with Crippen LogP contribution in [0.2, 0.25) is 0 Å². The van der Waals surface area contributed by atoms with Crippen LogP contribution >= 0.6 is 0 Å². The molecule has 1 spiro atoms. The van der Waals surface area contributed by atoms with Crippen molar-refractivity contribution in [3.63, 3.8) is 0 Å². The van der Waals surface area contributed by atoms with Crippen LogP contribution in [0.1, 0.15) is 31.2 Å². The van der Waals surface area contributed by atoms with E-state index in [1.165, 1.54) is 5.56 Å². The Morgan fingerprint density at radius 3 is 2.61 bits per heavy atom. The van der Waals surface area contributed by atoms with E-state index in [2.05, 4.69) is 38.7 Å². The topological polar surface area (TPSA) is 50.6 Å². The molecule has 6 heteroatoms. The highest BCUT2D eigenvalue weighted by Gasteiger charge is 2.43. The van der Waals surface area contributed by atoms with Crippen LogP contribution in [0.3, 0.4) is 0 Å². The number of amides is 1. The number of hydrogen-bond acceptors (Lipinski definition) is 4. The number of likely N-dealkylation sites (tertiary alicyclic amines) is 2. The van der Waals surface area contributed by atoms with Crippen molar-refractivity contribution in [2.75, 3.05) is 33.3 Å². The van der Waals surface area contributed by atoms with Crippen molar-refractivity contribution in [2.24, 2.45) is 5.41 Å². The first-order valence-corrected chi connectivity index (χ1v) is 10.3. The smallest absolute Gasteiger partial charge is 0.222 e. The fraction of sp³-hybridized carbons (Fsp3) is 0.545. The minimum Gasteiger partial charge on any atom is -0.494 e. The predicted octanol–water partition coefficient (Wildman–Crippen LogP) is 2.80. The summed E-state index contributed by atoms with van der Waals surface area (Å²) in [5, 5.41) is 0. The third-order valence-electron chi connectivity index (χ3n) is 6.16. The van der Waals surface area contributed by atoms with Gasteiger partial charge >= 0.3 is 0 Å². The van der Waals surface area contributed by atoms with Crippen molar-refractivity contribution in [2.45, 2.75) is 38.8 Å². The van der Waals surface area contributed by atoms with Gasteiger partial charge in [0.2, 0.25) is 5.91 Å². The number of hydrogen-bond donors (Lipinski definition) is 0. The number of carbonyl (C=O) groups is 1. The van der Waals surface area contributed by atoms with E-state index < -0.39 is 0 Å². The lowest BCUT2D eigenvalue weighted by Gasteiger charge is -2.38. The molecule has 1 aromatic carbocycles. The van der Waals surface area contributed by atoms with Crippen molar-refractivity contribution in [3.05, 3.63) is 48.5 Å². The van der Waals surface area contributed by atoms with Crippen LogP contribution in [-0.4, -0.2) is 58.5 Å². The summed E-state index contributed by atoms with van der Waals surface area (Å²) in [5.41, 5.74) is 1.55. The van der Waals surface area contributed by atoms with Gasteiger partial charge in [0.25, 0.3) is 0 Å². The highest BCUT2D eigenvalue weighted by atomic mass is 16.5. The Hall–Kier alpha value is -2.34. The Morgan fingerprint density at radius 2 is 1.96 bits per heavy atom. The van der Waals surface area contributed by atoms with Crippen LogP contribution in [0, 0.1) is 5.41 Å². The van der Waals surface area contributed by atoms with Crippen LogP contribution in [-0.2, 0) is 17.9 Å². The van der Waals surface area contributed by atoms with Gasteiger partial charge in [-0.1, -0.05) is 12.1 Å². The summed E-state index contributed by atoms with van der Waals surface area (Å²) < 4.78 is 7.91. The quantitative estimate of drug-likeness (QED) is 0.691. The molecule has 2 aliphatic heterocycles. The average Bonchev–Trinajstić information content (AvgIpc) is 3.31. The van der Waals surface area contributed by atoms with E-state index >= 15 is 0 Å². The van der Waals surface area contributed by atoms with Crippen LogP contribution in [0.5, 0.6) is 5.75 Å². The molecule has 0 aliphatic carbocycles. The maximum absolute atomic E-state index is 11.9. The van der Waals surface area contributed by atoms with Crippen molar-refractivity contribution in [1.29, 1.82) is 0 Å². The zero-order chi connectivity index (χ0) is 19.4. The number of aryl methyl sites for hydroxylation is 1. The van der Waals surface area contributed by atoms with Gasteiger partial charge in [0.15, 0.2) is 0 Å². The van der Waals surface area contributed by atoms with Gasteiger partial charge in [-0.05, 0) is 55.5 Å². The molecule has 2 aliphatic rings. The van der Waals surface area contributed by atoms with E-state index in [1.807, 2.05) is 24.5 Å². The molecule has 0 unspecified atom stereocenters. The third kappa shape index (κ3) is 4.55. The minimum atomic E-state index is 0.233. The Balaban J connectivity index is 1.19. The fourth-order valence-electron chi connectivity index (χ4n) is 4.43. The normalized spacial score (nSPS) is 19.5. The molecule has 0 radical (unpaired) electrons. The van der Waals surface area contributed by atoms with Crippen LogP contribution < -0.4 is 4.74 Å². The zero-order valence-corrected chi connectivity index (χ0v) is 16.7. The van der Waals surface area contributed by atoms with Gasteiger partial charge in [-0.15, -0.1) is 0 Å². The summed E-state index contributed by atoms with van der Waals surface area (Å²) in [6.07, 6.45) is 9.56. The number of rotatable bonds is 7. The summed E-state index contributed by atoms with van der Waals surface area (Å²) in [6.45, 7) is 5.70. The Labute approximate surface area is 167 Å². The second-order valence-electron chi connectivity index (χ2n) is 8.35. The van der Waals surface area contributed by atoms with Gasteiger partial charge in [0.1, 0.15) is 5.75 Å². The first-order chi connectivity index (χ1) is 13.6. The lowest BCUT2D eigenvalue weighted by atomic mass is 9.77. The number of nitrogens with zero attached hydrogens (tertiary/aromatic N) is 4. The highest BCUT2D eigenvalue weighted by Crippen LogP contribution is 2.40. The van der Waals surface area contributed by atoms with Crippen LogP contribution in [0.15, 0.2) is 43.0 Å². The summed E-state index contributed by atoms with van der Waals surface area (Å²) in [5.74, 6) is 1.24. The second-order valence-corrected chi connectivity index (χ2v) is 8.35. The van der Waals surface area contributed by atoms with Crippen LogP contribution in [0.4, 0.5) is 0 Å². The Kier molecular flexibility index (Phi) is 5.67. The van der Waals surface area contributed by atoms with E-state index in [0.717, 1.165) is 64.2 Å². The number of piperidine rings is 1. The molecule has 0 bridgehead atoms. The molecular weight excluding hydrogens is 352 g/mol. The number of ether oxygens (including phenoxy) is 1. The molecule has 3 heterocycles.